The molecule has 0 atom stereocenters. The van der Waals surface area contributed by atoms with Gasteiger partial charge in [0, 0.05) is 3.57 Å². The molecule has 76 valence electrons. The van der Waals surface area contributed by atoms with E-state index < -0.39 is 5.24 Å². The van der Waals surface area contributed by atoms with E-state index in [4.69, 9.17) is 21.1 Å². The zero-order valence-electron chi connectivity index (χ0n) is 7.64. The number of benzene rings is 1. The molecule has 1 aromatic carbocycles. The van der Waals surface area contributed by atoms with Gasteiger partial charge in [0.1, 0.15) is 0 Å². The lowest BCUT2D eigenvalue weighted by Crippen LogP contribution is -1.98. The summed E-state index contributed by atoms with van der Waals surface area (Å²) in [5.41, 5.74) is 0.421. The summed E-state index contributed by atoms with van der Waals surface area (Å²) in [6, 6.07) is 3.27. The van der Waals surface area contributed by atoms with Crippen molar-refractivity contribution >= 4 is 39.4 Å². The lowest BCUT2D eigenvalue weighted by molar-refractivity contribution is 0.108. The van der Waals surface area contributed by atoms with Gasteiger partial charge in [0.2, 0.25) is 0 Å². The van der Waals surface area contributed by atoms with Gasteiger partial charge in [-0.3, -0.25) is 4.79 Å². The second-order valence-corrected chi connectivity index (χ2v) is 3.97. The fraction of sp³-hybridized carbons (Fsp3) is 0.222. The summed E-state index contributed by atoms with van der Waals surface area (Å²) in [5, 5.41) is -0.504. The van der Waals surface area contributed by atoms with Crippen molar-refractivity contribution in [3.63, 3.8) is 0 Å². The molecule has 0 unspecified atom stereocenters. The molecule has 14 heavy (non-hydrogen) atoms. The number of halogens is 2. The molecule has 0 heterocycles. The van der Waals surface area contributed by atoms with Gasteiger partial charge in [-0.1, -0.05) is 0 Å². The molecule has 0 bridgehead atoms. The minimum Gasteiger partial charge on any atom is -0.493 e. The maximum atomic E-state index is 11.0. The highest BCUT2D eigenvalue weighted by Gasteiger charge is 2.13. The van der Waals surface area contributed by atoms with Crippen LogP contribution in [0.3, 0.4) is 0 Å². The summed E-state index contributed by atoms with van der Waals surface area (Å²) in [6.45, 7) is 0. The van der Waals surface area contributed by atoms with Gasteiger partial charge >= 0.3 is 0 Å². The number of methoxy groups -OCH3 is 2. The average Bonchev–Trinajstić information content (AvgIpc) is 2.16. The molecule has 0 radical (unpaired) electrons. The minimum absolute atomic E-state index is 0.421. The van der Waals surface area contributed by atoms with Crippen LogP contribution < -0.4 is 9.47 Å². The lowest BCUT2D eigenvalue weighted by atomic mass is 10.2. The normalized spacial score (nSPS) is 9.71. The monoisotopic (exact) mass is 326 g/mol. The number of ether oxygens (including phenoxy) is 2. The van der Waals surface area contributed by atoms with Crippen LogP contribution in [0, 0.1) is 3.57 Å². The van der Waals surface area contributed by atoms with E-state index in [1.165, 1.54) is 14.2 Å². The highest BCUT2D eigenvalue weighted by Crippen LogP contribution is 2.31. The SMILES string of the molecule is COc1cc(I)c(C(=O)Cl)cc1OC. The maximum Gasteiger partial charge on any atom is 0.253 e. The highest BCUT2D eigenvalue weighted by atomic mass is 127. The summed E-state index contributed by atoms with van der Waals surface area (Å²) >= 11 is 7.41. The molecule has 5 heteroatoms. The van der Waals surface area contributed by atoms with Crippen molar-refractivity contribution in [2.45, 2.75) is 0 Å². The van der Waals surface area contributed by atoms with Gasteiger partial charge < -0.3 is 9.47 Å². The van der Waals surface area contributed by atoms with Gasteiger partial charge in [0.05, 0.1) is 19.8 Å². The van der Waals surface area contributed by atoms with E-state index in [1.54, 1.807) is 12.1 Å². The Hall–Kier alpha value is -0.490. The van der Waals surface area contributed by atoms with E-state index in [9.17, 15) is 4.79 Å². The number of rotatable bonds is 3. The van der Waals surface area contributed by atoms with Gasteiger partial charge in [-0.15, -0.1) is 0 Å². The van der Waals surface area contributed by atoms with Crippen LogP contribution in [-0.2, 0) is 0 Å². The Labute approximate surface area is 100 Å². The molecule has 0 saturated heterocycles. The predicted molar refractivity (Wildman–Crippen MR) is 62.4 cm³/mol. The fourth-order valence-corrected chi connectivity index (χ4v) is 2.00. The molecule has 0 fully saturated rings. The first kappa shape index (κ1) is 11.6. The number of carbonyl (C=O) groups is 1. The number of carbonyl (C=O) groups excluding carboxylic acids is 1. The molecule has 0 N–H and O–H groups in total. The van der Waals surface area contributed by atoms with Crippen molar-refractivity contribution in [2.75, 3.05) is 14.2 Å². The van der Waals surface area contributed by atoms with Crippen molar-refractivity contribution in [1.82, 2.24) is 0 Å². The van der Waals surface area contributed by atoms with Crippen LogP contribution in [0.15, 0.2) is 12.1 Å². The first-order valence-electron chi connectivity index (χ1n) is 3.71. The third-order valence-corrected chi connectivity index (χ3v) is 2.78. The topological polar surface area (TPSA) is 35.5 Å². The molecule has 0 aliphatic rings. The van der Waals surface area contributed by atoms with Crippen LogP contribution in [0.25, 0.3) is 0 Å². The summed E-state index contributed by atoms with van der Waals surface area (Å²) in [5.74, 6) is 1.08. The molecule has 0 amide bonds. The lowest BCUT2D eigenvalue weighted by Gasteiger charge is -2.09. The molecular weight excluding hydrogens is 318 g/mol. The molecule has 3 nitrogen and oxygen atoms in total. The predicted octanol–water partition coefficient (Wildman–Crippen LogP) is 2.69. The fourth-order valence-electron chi connectivity index (χ4n) is 1.00. The van der Waals surface area contributed by atoms with Crippen molar-refractivity contribution in [3.05, 3.63) is 21.3 Å². The van der Waals surface area contributed by atoms with E-state index in [0.717, 1.165) is 3.57 Å². The van der Waals surface area contributed by atoms with E-state index in [1.807, 2.05) is 22.6 Å². The van der Waals surface area contributed by atoms with Crippen LogP contribution in [0.2, 0.25) is 0 Å². The summed E-state index contributed by atoms with van der Waals surface area (Å²) in [4.78, 5) is 11.0. The molecule has 0 aliphatic heterocycles. The van der Waals surface area contributed by atoms with Gasteiger partial charge in [-0.2, -0.15) is 0 Å². The van der Waals surface area contributed by atoms with Gasteiger partial charge in [-0.25, -0.2) is 0 Å². The summed E-state index contributed by atoms with van der Waals surface area (Å²) < 4.78 is 10.8. The number of hydrogen-bond acceptors (Lipinski definition) is 3. The minimum atomic E-state index is -0.504. The van der Waals surface area contributed by atoms with Gasteiger partial charge in [0.15, 0.2) is 11.5 Å². The summed E-state index contributed by atoms with van der Waals surface area (Å²) in [7, 11) is 3.04. The Kier molecular flexibility index (Phi) is 4.00. The first-order valence-corrected chi connectivity index (χ1v) is 5.17. The average molecular weight is 327 g/mol. The molecule has 0 aromatic heterocycles. The van der Waals surface area contributed by atoms with Gasteiger partial charge in [0.25, 0.3) is 5.24 Å². The second kappa shape index (κ2) is 4.84. The summed E-state index contributed by atoms with van der Waals surface area (Å²) in [6.07, 6.45) is 0. The van der Waals surface area contributed by atoms with Crippen LogP contribution in [0.4, 0.5) is 0 Å². The largest absolute Gasteiger partial charge is 0.493 e. The van der Waals surface area contributed by atoms with Crippen molar-refractivity contribution < 1.29 is 14.3 Å². The van der Waals surface area contributed by atoms with E-state index in [2.05, 4.69) is 0 Å². The first-order chi connectivity index (χ1) is 6.60. The zero-order valence-corrected chi connectivity index (χ0v) is 10.5. The van der Waals surface area contributed by atoms with E-state index in [-0.39, 0.29) is 0 Å². The van der Waals surface area contributed by atoms with Crippen molar-refractivity contribution in [1.29, 1.82) is 0 Å². The molecule has 0 spiro atoms. The van der Waals surface area contributed by atoms with Crippen LogP contribution in [0.5, 0.6) is 11.5 Å². The molecule has 0 saturated carbocycles. The Morgan fingerprint density at radius 2 is 1.79 bits per heavy atom. The molecule has 1 aromatic rings. The highest BCUT2D eigenvalue weighted by molar-refractivity contribution is 14.1. The third kappa shape index (κ3) is 2.30. The van der Waals surface area contributed by atoms with E-state index >= 15 is 0 Å². The Bertz CT molecular complexity index is 365. The third-order valence-electron chi connectivity index (χ3n) is 1.68. The van der Waals surface area contributed by atoms with Crippen LogP contribution in [-0.4, -0.2) is 19.5 Å². The second-order valence-electron chi connectivity index (χ2n) is 2.46. The Balaban J connectivity index is 3.30. The van der Waals surface area contributed by atoms with Crippen LogP contribution >= 0.6 is 34.2 Å². The quantitative estimate of drug-likeness (QED) is 0.633. The number of hydrogen-bond donors (Lipinski definition) is 0. The smallest absolute Gasteiger partial charge is 0.253 e. The molecule has 0 aliphatic carbocycles. The molecular formula is C9H8ClIO3. The van der Waals surface area contributed by atoms with Gasteiger partial charge in [-0.05, 0) is 46.3 Å². The Morgan fingerprint density at radius 1 is 1.29 bits per heavy atom. The molecule has 1 rings (SSSR count). The van der Waals surface area contributed by atoms with Crippen molar-refractivity contribution in [2.24, 2.45) is 0 Å². The zero-order chi connectivity index (χ0) is 10.7. The van der Waals surface area contributed by atoms with E-state index in [0.29, 0.717) is 17.1 Å². The Morgan fingerprint density at radius 3 is 2.21 bits per heavy atom. The van der Waals surface area contributed by atoms with Crippen LogP contribution in [0.1, 0.15) is 10.4 Å². The standard InChI is InChI=1S/C9H8ClIO3/c1-13-7-3-5(9(10)12)6(11)4-8(7)14-2/h3-4H,1-2H3. The van der Waals surface area contributed by atoms with Crippen molar-refractivity contribution in [3.8, 4) is 11.5 Å². The maximum absolute atomic E-state index is 11.0.